The van der Waals surface area contributed by atoms with Crippen molar-refractivity contribution in [3.8, 4) is 6.07 Å². The summed E-state index contributed by atoms with van der Waals surface area (Å²) in [6.45, 7) is 4.87. The Morgan fingerprint density at radius 3 is 2.56 bits per heavy atom. The van der Waals surface area contributed by atoms with Gasteiger partial charge in [0.05, 0.1) is 17.2 Å². The minimum atomic E-state index is -2.79. The van der Waals surface area contributed by atoms with Crippen LogP contribution in [0.2, 0.25) is 0 Å². The molecule has 0 saturated heterocycles. The number of hydrogen-bond donors (Lipinski definition) is 3. The number of rotatable bonds is 6. The summed E-state index contributed by atoms with van der Waals surface area (Å²) in [5.74, 6) is -1.95. The Morgan fingerprint density at radius 2 is 2.06 bits per heavy atom. The molecule has 166 valence electrons. The van der Waals surface area contributed by atoms with E-state index >= 15 is 0 Å². The number of alkyl halides is 2. The van der Waals surface area contributed by atoms with Gasteiger partial charge in [0.2, 0.25) is 5.96 Å². The van der Waals surface area contributed by atoms with Gasteiger partial charge in [0.15, 0.2) is 0 Å². The number of hydrogen-bond acceptors (Lipinski definition) is 4. The smallest absolute Gasteiger partial charge is 0.335 e. The highest BCUT2D eigenvalue weighted by Gasteiger charge is 2.43. The Bertz CT molecular complexity index is 1120. The van der Waals surface area contributed by atoms with Crippen molar-refractivity contribution < 1.29 is 23.5 Å². The topological polar surface area (TPSA) is 135 Å². The molecule has 4 N–H and O–H groups in total. The number of amides is 2. The number of primary amides is 1. The average molecular weight is 506 g/mol. The monoisotopic (exact) mass is 505 g/mol. The first-order chi connectivity index (χ1) is 15.0. The molecule has 2 rings (SSSR count). The third-order valence-corrected chi connectivity index (χ3v) is 5.28. The number of urea groups is 1. The largest absolute Gasteiger partial charge is 0.478 e. The molecule has 1 aromatic rings. The lowest BCUT2D eigenvalue weighted by atomic mass is 9.98. The number of guanidine groups is 1. The summed E-state index contributed by atoms with van der Waals surface area (Å²) >= 11 is 3.22. The zero-order chi connectivity index (χ0) is 24.2. The number of nitrogens with one attached hydrogen (secondary N) is 1. The fourth-order valence-corrected chi connectivity index (χ4v) is 3.69. The van der Waals surface area contributed by atoms with Crippen molar-refractivity contribution in [3.63, 3.8) is 0 Å². The molecular formula is C21H18BrF2N5O3. The van der Waals surface area contributed by atoms with E-state index in [1.54, 1.807) is 0 Å². The van der Waals surface area contributed by atoms with Gasteiger partial charge in [-0.25, -0.2) is 18.4 Å². The fourth-order valence-electron chi connectivity index (χ4n) is 3.13. The summed E-state index contributed by atoms with van der Waals surface area (Å²) in [7, 11) is 0. The van der Waals surface area contributed by atoms with Crippen molar-refractivity contribution in [1.29, 1.82) is 10.7 Å². The van der Waals surface area contributed by atoms with Gasteiger partial charge in [0.25, 0.3) is 6.43 Å². The standard InChI is InChI=1S/C21H18BrF2N5O3/c1-3-12(10-25)7-8-15(22)17-16(19(30)31)11(2)28(20(26)29(17)21(27)32)14-6-4-5-13(9-14)18(23)24/h3-9,17-18,26H,1H2,2H3,(H2,27,32)(H,30,31)/b12-7+,15-8-,26-20?. The number of carboxylic acids is 1. The second-order valence-corrected chi connectivity index (χ2v) is 7.37. The van der Waals surface area contributed by atoms with Crippen LogP contribution in [-0.2, 0) is 4.79 Å². The summed E-state index contributed by atoms with van der Waals surface area (Å²) < 4.78 is 26.5. The van der Waals surface area contributed by atoms with Crippen molar-refractivity contribution >= 4 is 39.6 Å². The molecule has 0 saturated carbocycles. The van der Waals surface area contributed by atoms with E-state index in [1.807, 2.05) is 6.07 Å². The van der Waals surface area contributed by atoms with Crippen LogP contribution >= 0.6 is 15.9 Å². The molecule has 0 spiro atoms. The van der Waals surface area contributed by atoms with Crippen molar-refractivity contribution in [2.24, 2.45) is 5.73 Å². The van der Waals surface area contributed by atoms with Gasteiger partial charge < -0.3 is 10.8 Å². The van der Waals surface area contributed by atoms with Gasteiger partial charge in [0.1, 0.15) is 6.04 Å². The lowest BCUT2D eigenvalue weighted by Gasteiger charge is -2.42. The van der Waals surface area contributed by atoms with Gasteiger partial charge in [-0.1, -0.05) is 40.7 Å². The average Bonchev–Trinajstić information content (AvgIpc) is 2.73. The number of nitrogens with zero attached hydrogens (tertiary/aromatic N) is 3. The van der Waals surface area contributed by atoms with Gasteiger partial charge >= 0.3 is 12.0 Å². The summed E-state index contributed by atoms with van der Waals surface area (Å²) in [4.78, 5) is 26.2. The molecule has 0 radical (unpaired) electrons. The molecule has 2 amide bonds. The zero-order valence-corrected chi connectivity index (χ0v) is 18.3. The van der Waals surface area contributed by atoms with Gasteiger partial charge in [-0.15, -0.1) is 0 Å². The number of benzene rings is 1. The Hall–Kier alpha value is -3.78. The maximum atomic E-state index is 13.2. The van der Waals surface area contributed by atoms with E-state index in [1.165, 1.54) is 43.4 Å². The van der Waals surface area contributed by atoms with Crippen molar-refractivity contribution in [3.05, 3.63) is 76.0 Å². The van der Waals surface area contributed by atoms with E-state index in [0.29, 0.717) is 4.90 Å². The van der Waals surface area contributed by atoms with Crippen molar-refractivity contribution in [1.82, 2.24) is 4.90 Å². The molecule has 0 fully saturated rings. The Balaban J connectivity index is 2.77. The van der Waals surface area contributed by atoms with Crippen LogP contribution in [0.1, 0.15) is 18.9 Å². The van der Waals surface area contributed by atoms with Crippen LogP contribution in [0.15, 0.2) is 70.4 Å². The fraction of sp³-hybridized carbons (Fsp3) is 0.143. The highest BCUT2D eigenvalue weighted by atomic mass is 79.9. The summed E-state index contributed by atoms with van der Waals surface area (Å²) in [6.07, 6.45) is 1.17. The van der Waals surface area contributed by atoms with Gasteiger partial charge in [-0.05, 0) is 31.2 Å². The zero-order valence-electron chi connectivity index (χ0n) is 16.7. The van der Waals surface area contributed by atoms with Crippen LogP contribution in [0.3, 0.4) is 0 Å². The molecule has 1 aliphatic heterocycles. The Labute approximate surface area is 190 Å². The van der Waals surface area contributed by atoms with Crippen LogP contribution in [0.25, 0.3) is 0 Å². The number of carbonyl (C=O) groups excluding carboxylic acids is 1. The molecule has 0 aromatic heterocycles. The molecule has 1 unspecified atom stereocenters. The molecule has 32 heavy (non-hydrogen) atoms. The minimum absolute atomic E-state index is 0.0231. The van der Waals surface area contributed by atoms with Crippen LogP contribution in [0.4, 0.5) is 19.3 Å². The SMILES string of the molecule is C=C/C(C#N)=C\C=C(/Br)C1C(C(=O)O)=C(C)N(c2cccc(C(F)F)c2)C(=N)N1C(N)=O. The lowest BCUT2D eigenvalue weighted by Crippen LogP contribution is -2.59. The van der Waals surface area contributed by atoms with Gasteiger partial charge in [-0.3, -0.25) is 15.2 Å². The maximum Gasteiger partial charge on any atom is 0.335 e. The van der Waals surface area contributed by atoms with Gasteiger partial charge in [-0.2, -0.15) is 5.26 Å². The molecule has 1 heterocycles. The molecule has 1 atom stereocenters. The first-order valence-electron chi connectivity index (χ1n) is 8.94. The highest BCUT2D eigenvalue weighted by Crippen LogP contribution is 2.36. The van der Waals surface area contributed by atoms with E-state index < -0.39 is 30.4 Å². The number of anilines is 1. The number of aliphatic carboxylic acids is 1. The van der Waals surface area contributed by atoms with Crippen LogP contribution in [-0.4, -0.2) is 34.0 Å². The molecular weight excluding hydrogens is 488 g/mol. The molecule has 1 aromatic carbocycles. The van der Waals surface area contributed by atoms with E-state index in [4.69, 9.17) is 16.4 Å². The first kappa shape index (κ1) is 24.5. The minimum Gasteiger partial charge on any atom is -0.478 e. The molecule has 0 aliphatic carbocycles. The maximum absolute atomic E-state index is 13.2. The molecule has 8 nitrogen and oxygen atoms in total. The summed E-state index contributed by atoms with van der Waals surface area (Å²) in [5, 5.41) is 27.5. The van der Waals surface area contributed by atoms with Crippen molar-refractivity contribution in [2.45, 2.75) is 19.4 Å². The quantitative estimate of drug-likeness (QED) is 0.388. The highest BCUT2D eigenvalue weighted by molar-refractivity contribution is 9.11. The Kier molecular flexibility index (Phi) is 7.67. The predicted molar refractivity (Wildman–Crippen MR) is 118 cm³/mol. The number of nitriles is 1. The first-order valence-corrected chi connectivity index (χ1v) is 9.73. The number of carboxylic acid groups (broad SMARTS) is 1. The second-order valence-electron chi connectivity index (χ2n) is 6.46. The number of allylic oxidation sites excluding steroid dienone is 5. The number of carbonyl (C=O) groups is 2. The predicted octanol–water partition coefficient (Wildman–Crippen LogP) is 4.40. The van der Waals surface area contributed by atoms with Crippen LogP contribution in [0, 0.1) is 16.7 Å². The third-order valence-electron chi connectivity index (χ3n) is 4.58. The molecule has 0 bridgehead atoms. The van der Waals surface area contributed by atoms with Crippen molar-refractivity contribution in [2.75, 3.05) is 4.90 Å². The normalized spacial score (nSPS) is 17.5. The van der Waals surface area contributed by atoms with Crippen LogP contribution in [0.5, 0.6) is 0 Å². The summed E-state index contributed by atoms with van der Waals surface area (Å²) in [5.41, 5.74) is 5.06. The number of nitrogens with two attached hydrogens (primary N) is 1. The second kappa shape index (κ2) is 10.0. The lowest BCUT2D eigenvalue weighted by molar-refractivity contribution is -0.133. The van der Waals surface area contributed by atoms with E-state index in [9.17, 15) is 23.5 Å². The molecule has 11 heteroatoms. The number of halogens is 3. The van der Waals surface area contributed by atoms with E-state index in [2.05, 4.69) is 22.5 Å². The van der Waals surface area contributed by atoms with E-state index in [-0.39, 0.29) is 32.6 Å². The summed E-state index contributed by atoms with van der Waals surface area (Å²) in [6, 6.07) is 4.41. The third kappa shape index (κ3) is 4.76. The van der Waals surface area contributed by atoms with Gasteiger partial charge in [0, 0.05) is 21.4 Å². The van der Waals surface area contributed by atoms with E-state index in [0.717, 1.165) is 11.0 Å². The molecule has 1 aliphatic rings. The van der Waals surface area contributed by atoms with Crippen LogP contribution < -0.4 is 10.6 Å². The Morgan fingerprint density at radius 1 is 1.41 bits per heavy atom.